The second kappa shape index (κ2) is 14.0. The summed E-state index contributed by atoms with van der Waals surface area (Å²) in [5.41, 5.74) is 9.42. The highest BCUT2D eigenvalue weighted by Gasteiger charge is 2.52. The summed E-state index contributed by atoms with van der Waals surface area (Å²) in [5.74, 6) is -1.09. The fourth-order valence-corrected chi connectivity index (χ4v) is 6.60. The smallest absolute Gasteiger partial charge is 0.264 e. The van der Waals surface area contributed by atoms with Crippen molar-refractivity contribution in [2.45, 2.75) is 44.5 Å². The lowest BCUT2D eigenvalue weighted by Crippen LogP contribution is -2.46. The van der Waals surface area contributed by atoms with Crippen molar-refractivity contribution >= 4 is 34.8 Å². The number of amides is 3. The second-order valence-corrected chi connectivity index (χ2v) is 12.6. The summed E-state index contributed by atoms with van der Waals surface area (Å²) >= 11 is 0. The summed E-state index contributed by atoms with van der Waals surface area (Å²) < 4.78 is 5.44. The van der Waals surface area contributed by atoms with E-state index in [2.05, 4.69) is 5.32 Å². The van der Waals surface area contributed by atoms with Crippen molar-refractivity contribution in [1.29, 1.82) is 0 Å². The number of nitrogens with zero attached hydrogens (tertiary/aromatic N) is 2. The zero-order chi connectivity index (χ0) is 34.7. The van der Waals surface area contributed by atoms with Crippen molar-refractivity contribution in [2.75, 3.05) is 29.7 Å². The van der Waals surface area contributed by atoms with Crippen LogP contribution in [0.15, 0.2) is 103 Å². The molecule has 2 aliphatic heterocycles. The van der Waals surface area contributed by atoms with Gasteiger partial charge in [-0.1, -0.05) is 55.5 Å². The molecule has 0 bridgehead atoms. The average molecular weight is 661 g/mol. The number of benzene rings is 4. The van der Waals surface area contributed by atoms with Crippen molar-refractivity contribution in [3.63, 3.8) is 0 Å². The molecule has 0 radical (unpaired) electrons. The van der Waals surface area contributed by atoms with E-state index in [0.717, 1.165) is 16.7 Å². The first-order valence-electron chi connectivity index (χ1n) is 16.2. The molecule has 5 N–H and O–H groups in total. The largest absolute Gasteiger partial charge is 0.497 e. The van der Waals surface area contributed by atoms with Crippen LogP contribution in [-0.4, -0.2) is 52.6 Å². The Kier molecular flexibility index (Phi) is 9.53. The molecule has 0 aliphatic carbocycles. The molecule has 0 unspecified atom stereocenters. The van der Waals surface area contributed by atoms with Crippen molar-refractivity contribution in [3.05, 3.63) is 131 Å². The lowest BCUT2D eigenvalue weighted by Gasteiger charge is -2.36. The van der Waals surface area contributed by atoms with Gasteiger partial charge in [0.15, 0.2) is 5.60 Å². The van der Waals surface area contributed by atoms with E-state index in [-0.39, 0.29) is 37.4 Å². The Labute approximate surface area is 285 Å². The Morgan fingerprint density at radius 1 is 1.04 bits per heavy atom. The van der Waals surface area contributed by atoms with E-state index in [9.17, 15) is 24.6 Å². The Morgan fingerprint density at radius 2 is 1.76 bits per heavy atom. The number of fused-ring (bicyclic) bond motifs is 2. The topological polar surface area (TPSA) is 145 Å². The molecular weight excluding hydrogens is 620 g/mol. The molecular formula is C39H40N4O6. The fourth-order valence-electron chi connectivity index (χ4n) is 6.60. The van der Waals surface area contributed by atoms with Gasteiger partial charge in [0.1, 0.15) is 5.75 Å². The zero-order valence-corrected chi connectivity index (χ0v) is 27.5. The highest BCUT2D eigenvalue weighted by molar-refractivity contribution is 6.07. The summed E-state index contributed by atoms with van der Waals surface area (Å²) in [6, 6.07) is 26.6. The Bertz CT molecular complexity index is 1890. The highest BCUT2D eigenvalue weighted by Crippen LogP contribution is 2.47. The number of aliphatic hydroxyl groups is 2. The summed E-state index contributed by atoms with van der Waals surface area (Å²) in [4.78, 5) is 43.3. The average Bonchev–Trinajstić information content (AvgIpc) is 3.33. The lowest BCUT2D eigenvalue weighted by atomic mass is 9.82. The molecule has 2 heterocycles. The van der Waals surface area contributed by atoms with Crippen molar-refractivity contribution in [3.8, 4) is 5.75 Å². The number of hydrogen-bond donors (Lipinski definition) is 4. The molecule has 4 aromatic rings. The molecule has 3 amide bonds. The fraction of sp³-hybridized carbons (Fsp3) is 0.256. The number of hydrogen-bond acceptors (Lipinski definition) is 7. The number of methoxy groups -OCH3 is 1. The number of ether oxygens (including phenoxy) is 1. The van der Waals surface area contributed by atoms with E-state index in [1.165, 1.54) is 7.11 Å². The van der Waals surface area contributed by atoms with Crippen LogP contribution in [0.3, 0.4) is 0 Å². The van der Waals surface area contributed by atoms with Gasteiger partial charge in [0, 0.05) is 41.4 Å². The van der Waals surface area contributed by atoms with Crippen molar-refractivity contribution in [2.24, 2.45) is 5.92 Å². The minimum Gasteiger partial charge on any atom is -0.497 e. The predicted molar refractivity (Wildman–Crippen MR) is 188 cm³/mol. The first kappa shape index (κ1) is 33.5. The van der Waals surface area contributed by atoms with Crippen LogP contribution in [-0.2, 0) is 34.7 Å². The number of carbonyl (C=O) groups is 3. The maximum Gasteiger partial charge on any atom is 0.264 e. The monoisotopic (exact) mass is 660 g/mol. The number of nitrogen functional groups attached to an aromatic ring is 1. The van der Waals surface area contributed by atoms with Crippen LogP contribution in [0, 0.1) is 5.92 Å². The molecule has 0 spiro atoms. The van der Waals surface area contributed by atoms with E-state index in [0.29, 0.717) is 46.9 Å². The van der Waals surface area contributed by atoms with Gasteiger partial charge in [-0.05, 0) is 77.7 Å². The first-order valence-corrected chi connectivity index (χ1v) is 16.2. The second-order valence-electron chi connectivity index (χ2n) is 12.6. The van der Waals surface area contributed by atoms with Gasteiger partial charge in [0.05, 0.1) is 32.0 Å². The minimum atomic E-state index is -1.91. The van der Waals surface area contributed by atoms with Crippen LogP contribution in [0.2, 0.25) is 0 Å². The van der Waals surface area contributed by atoms with Crippen molar-refractivity contribution in [1.82, 2.24) is 4.90 Å². The quantitative estimate of drug-likeness (QED) is 0.141. The van der Waals surface area contributed by atoms with Gasteiger partial charge in [-0.15, -0.1) is 0 Å². The Balaban J connectivity index is 1.17. The van der Waals surface area contributed by atoms with Gasteiger partial charge in [0.2, 0.25) is 5.91 Å². The molecule has 0 fully saturated rings. The number of aliphatic hydroxyl groups excluding tert-OH is 1. The van der Waals surface area contributed by atoms with Crippen LogP contribution in [0.25, 0.3) is 0 Å². The van der Waals surface area contributed by atoms with E-state index >= 15 is 0 Å². The van der Waals surface area contributed by atoms with Crippen LogP contribution in [0.4, 0.5) is 17.1 Å². The first-order chi connectivity index (χ1) is 23.6. The molecule has 0 saturated heterocycles. The number of anilines is 3. The number of nitrogens with two attached hydrogens (primary N) is 1. The van der Waals surface area contributed by atoms with Gasteiger partial charge in [-0.3, -0.25) is 14.4 Å². The maximum atomic E-state index is 14.1. The minimum absolute atomic E-state index is 0.0587. The van der Waals surface area contributed by atoms with Crippen LogP contribution in [0.5, 0.6) is 5.75 Å². The third kappa shape index (κ3) is 6.65. The molecule has 252 valence electrons. The maximum absolute atomic E-state index is 14.1. The summed E-state index contributed by atoms with van der Waals surface area (Å²) in [5, 5.41) is 25.0. The number of nitrogens with one attached hydrogen (secondary N) is 1. The molecule has 6 rings (SSSR count). The predicted octanol–water partition coefficient (Wildman–Crippen LogP) is 4.79. The lowest BCUT2D eigenvalue weighted by molar-refractivity contribution is -0.139. The summed E-state index contributed by atoms with van der Waals surface area (Å²) in [6.07, 6.45) is 4.03. The summed E-state index contributed by atoms with van der Waals surface area (Å²) in [7, 11) is 1.52. The third-order valence-electron chi connectivity index (χ3n) is 9.46. The molecule has 4 aromatic carbocycles. The molecule has 2 aliphatic rings. The molecule has 0 saturated carbocycles. The number of rotatable bonds is 10. The van der Waals surface area contributed by atoms with Crippen LogP contribution >= 0.6 is 0 Å². The van der Waals surface area contributed by atoms with Crippen LogP contribution in [0.1, 0.15) is 46.0 Å². The van der Waals surface area contributed by atoms with Gasteiger partial charge in [0.25, 0.3) is 11.8 Å². The molecule has 10 heteroatoms. The van der Waals surface area contributed by atoms with Gasteiger partial charge >= 0.3 is 0 Å². The highest BCUT2D eigenvalue weighted by atomic mass is 16.5. The van der Waals surface area contributed by atoms with Crippen molar-refractivity contribution < 1.29 is 29.3 Å². The molecule has 0 aromatic heterocycles. The van der Waals surface area contributed by atoms with E-state index < -0.39 is 17.4 Å². The van der Waals surface area contributed by atoms with Gasteiger partial charge in [-0.2, -0.15) is 0 Å². The number of carbonyl (C=O) groups excluding carboxylic acids is 3. The van der Waals surface area contributed by atoms with Crippen LogP contribution < -0.4 is 20.7 Å². The summed E-state index contributed by atoms with van der Waals surface area (Å²) in [6.45, 7) is 2.21. The van der Waals surface area contributed by atoms with Gasteiger partial charge in [-0.25, -0.2) is 0 Å². The molecule has 3 atom stereocenters. The van der Waals surface area contributed by atoms with E-state index in [1.807, 2.05) is 36.4 Å². The van der Waals surface area contributed by atoms with E-state index in [1.54, 1.807) is 83.5 Å². The van der Waals surface area contributed by atoms with E-state index in [4.69, 9.17) is 10.5 Å². The molecule has 10 nitrogen and oxygen atoms in total. The Hall–Kier alpha value is -5.45. The van der Waals surface area contributed by atoms with Gasteiger partial charge < -0.3 is 35.8 Å². The normalized spacial score (nSPS) is 19.0. The Morgan fingerprint density at radius 3 is 2.45 bits per heavy atom. The molecule has 49 heavy (non-hydrogen) atoms. The third-order valence-corrected chi connectivity index (χ3v) is 9.46. The SMILES string of the molecule is COc1ccc2c(c1)[C@](O)([C@@H](C)/C=C/CC(=O)N1Cc3ccccc3C[C@H]1CO)C(=O)N2Cc1ccc(NC(=O)c2ccc(N)cc2)cc1. The zero-order valence-electron chi connectivity index (χ0n) is 27.5. The standard InChI is InChI=1S/C39H40N4O6/c1-25(6-5-9-36(45)42-23-29-8-4-3-7-28(29)20-32(42)24-44)39(48)34-21-33(49-2)18-19-35(34)43(38(39)47)22-26-10-16-31(17-11-26)41-37(46)27-12-14-30(40)15-13-27/h3-8,10-19,21,25,32,44,48H,9,20,22-24,40H2,1-2H3,(H,41,46)/b6-5+/t25-,32-,39+/m0/s1.